The zero-order chi connectivity index (χ0) is 36.0. The second-order valence-electron chi connectivity index (χ2n) is 13.9. The normalized spacial score (nSPS) is 12.0. The molecule has 0 aliphatic rings. The van der Waals surface area contributed by atoms with Crippen LogP contribution in [0, 0.1) is 0 Å². The first-order valence-corrected chi connectivity index (χ1v) is 19.9. The zero-order valence-corrected chi connectivity index (χ0v) is 30.8. The van der Waals surface area contributed by atoms with Crippen molar-refractivity contribution in [2.45, 2.75) is 0 Å². The summed E-state index contributed by atoms with van der Waals surface area (Å²) in [5.41, 5.74) is 10.9. The number of nitrogens with zero attached hydrogens (tertiary/aromatic N) is 2. The van der Waals surface area contributed by atoms with Crippen LogP contribution in [0.2, 0.25) is 0 Å². The van der Waals surface area contributed by atoms with Gasteiger partial charge in [0.2, 0.25) is 0 Å². The van der Waals surface area contributed by atoms with Gasteiger partial charge in [0.25, 0.3) is 0 Å². The molecule has 0 radical (unpaired) electrons. The molecule has 4 nitrogen and oxygen atoms in total. The Kier molecular flexibility index (Phi) is 6.64. The fourth-order valence-corrected chi connectivity index (χ4v) is 10.4. The highest BCUT2D eigenvalue weighted by Gasteiger charge is 2.20. The van der Waals surface area contributed by atoms with Crippen LogP contribution in [0.3, 0.4) is 0 Å². The van der Waals surface area contributed by atoms with E-state index in [0.29, 0.717) is 0 Å². The lowest BCUT2D eigenvalue weighted by molar-refractivity contribution is 0.669. The molecule has 0 N–H and O–H groups in total. The van der Waals surface area contributed by atoms with Gasteiger partial charge in [-0.05, 0) is 72.3 Å². The molecule has 4 heterocycles. The third-order valence-corrected chi connectivity index (χ3v) is 13.0. The van der Waals surface area contributed by atoms with Crippen LogP contribution in [0.1, 0.15) is 0 Å². The highest BCUT2D eigenvalue weighted by atomic mass is 32.1. The highest BCUT2D eigenvalue weighted by molar-refractivity contribution is 7.25. The first kappa shape index (κ1) is 30.7. The molecule has 0 spiro atoms. The van der Waals surface area contributed by atoms with E-state index in [1.165, 1.54) is 20.2 Å². The van der Waals surface area contributed by atoms with Gasteiger partial charge in [-0.3, -0.25) is 0 Å². The molecular weight excluding hydrogens is 713 g/mol. The molecule has 0 unspecified atom stereocenters. The molecule has 12 rings (SSSR count). The maximum atomic E-state index is 6.67. The molecule has 55 heavy (non-hydrogen) atoms. The first-order valence-electron chi connectivity index (χ1n) is 18.3. The van der Waals surface area contributed by atoms with Crippen molar-refractivity contribution in [2.24, 2.45) is 0 Å². The average molecular weight is 741 g/mol. The number of anilines is 3. The SMILES string of the molecule is c1ccc(-c2nc3ccc4oc5c(-c6ccc(N(c7ccc8c(c7)oc7ccccc78)c7ccc8sc9ccccc9c8c7)cc6)cccc5c4c3s2)cc1. The predicted octanol–water partition coefficient (Wildman–Crippen LogP) is 15.3. The maximum absolute atomic E-state index is 6.67. The van der Waals surface area contributed by atoms with Crippen molar-refractivity contribution >= 4 is 114 Å². The summed E-state index contributed by atoms with van der Waals surface area (Å²) in [6.45, 7) is 0. The molecule has 0 aliphatic carbocycles. The predicted molar refractivity (Wildman–Crippen MR) is 233 cm³/mol. The van der Waals surface area contributed by atoms with Crippen molar-refractivity contribution in [1.29, 1.82) is 0 Å². The van der Waals surface area contributed by atoms with Crippen LogP contribution in [0.5, 0.6) is 0 Å². The Hall–Kier alpha value is -6.73. The van der Waals surface area contributed by atoms with E-state index in [0.717, 1.165) is 92.9 Å². The Morgan fingerprint density at radius 3 is 2.07 bits per heavy atom. The molecule has 258 valence electrons. The fourth-order valence-electron chi connectivity index (χ4n) is 8.14. The molecule has 0 amide bonds. The molecule has 0 aliphatic heterocycles. The van der Waals surface area contributed by atoms with E-state index in [2.05, 4.69) is 157 Å². The van der Waals surface area contributed by atoms with E-state index in [9.17, 15) is 0 Å². The summed E-state index contributed by atoms with van der Waals surface area (Å²) in [4.78, 5) is 7.33. The number of rotatable bonds is 5. The summed E-state index contributed by atoms with van der Waals surface area (Å²) < 4.78 is 16.8. The minimum Gasteiger partial charge on any atom is -0.456 e. The average Bonchev–Trinajstić information content (AvgIpc) is 4.02. The minimum absolute atomic E-state index is 0.866. The number of thiophene rings is 1. The van der Waals surface area contributed by atoms with Gasteiger partial charge in [-0.25, -0.2) is 4.98 Å². The van der Waals surface area contributed by atoms with Gasteiger partial charge in [-0.15, -0.1) is 22.7 Å². The molecule has 0 saturated carbocycles. The summed E-state index contributed by atoms with van der Waals surface area (Å²) in [5, 5.41) is 8.00. The topological polar surface area (TPSA) is 42.4 Å². The van der Waals surface area contributed by atoms with E-state index in [4.69, 9.17) is 13.8 Å². The number of hydrogen-bond acceptors (Lipinski definition) is 6. The van der Waals surface area contributed by atoms with Gasteiger partial charge in [0.05, 0.1) is 10.2 Å². The Labute approximate surface area is 322 Å². The standard InChI is InChI=1S/C49H28N2O2S2/c1-2-9-30(10-3-1)49-50-40-24-25-42-46(48(40)55-49)38-14-8-13-34(47(38)53-42)29-17-19-31(20-18-29)51(32-22-26-45-39(27-32)37-12-5-7-16-44(37)54-45)33-21-23-36-35-11-4-6-15-41(35)52-43(36)28-33/h1-28H. The maximum Gasteiger partial charge on any atom is 0.143 e. The van der Waals surface area contributed by atoms with E-state index in [1.807, 2.05) is 29.5 Å². The van der Waals surface area contributed by atoms with Crippen LogP contribution in [0.15, 0.2) is 179 Å². The van der Waals surface area contributed by atoms with Gasteiger partial charge in [-0.2, -0.15) is 0 Å². The summed E-state index contributed by atoms with van der Waals surface area (Å²) in [6.07, 6.45) is 0. The van der Waals surface area contributed by atoms with E-state index in [1.54, 1.807) is 11.3 Å². The van der Waals surface area contributed by atoms with Gasteiger partial charge in [-0.1, -0.05) is 97.1 Å². The summed E-state index contributed by atoms with van der Waals surface area (Å²) in [5.74, 6) is 0. The highest BCUT2D eigenvalue weighted by Crippen LogP contribution is 2.45. The van der Waals surface area contributed by atoms with Crippen LogP contribution in [0.25, 0.3) is 96.0 Å². The third-order valence-electron chi connectivity index (χ3n) is 10.7. The van der Waals surface area contributed by atoms with Crippen molar-refractivity contribution < 1.29 is 8.83 Å². The summed E-state index contributed by atoms with van der Waals surface area (Å²) in [7, 11) is 0. The lowest BCUT2D eigenvalue weighted by atomic mass is 10.0. The van der Waals surface area contributed by atoms with Crippen molar-refractivity contribution in [3.8, 4) is 21.7 Å². The van der Waals surface area contributed by atoms with Crippen LogP contribution in [-0.4, -0.2) is 4.98 Å². The lowest BCUT2D eigenvalue weighted by Gasteiger charge is -2.26. The fraction of sp³-hybridized carbons (Fsp3) is 0. The number of para-hydroxylation sites is 2. The second-order valence-corrected chi connectivity index (χ2v) is 16.0. The van der Waals surface area contributed by atoms with E-state index >= 15 is 0 Å². The summed E-state index contributed by atoms with van der Waals surface area (Å²) >= 11 is 3.56. The number of benzene rings is 8. The number of aromatic nitrogens is 1. The quantitative estimate of drug-likeness (QED) is 0.176. The van der Waals surface area contributed by atoms with Crippen LogP contribution in [-0.2, 0) is 0 Å². The van der Waals surface area contributed by atoms with Crippen LogP contribution in [0.4, 0.5) is 17.1 Å². The van der Waals surface area contributed by atoms with Gasteiger partial charge in [0.15, 0.2) is 0 Å². The van der Waals surface area contributed by atoms with E-state index in [-0.39, 0.29) is 0 Å². The summed E-state index contributed by atoms with van der Waals surface area (Å²) in [6, 6.07) is 60.1. The van der Waals surface area contributed by atoms with Gasteiger partial charge < -0.3 is 13.7 Å². The van der Waals surface area contributed by atoms with Gasteiger partial charge in [0.1, 0.15) is 27.3 Å². The van der Waals surface area contributed by atoms with Gasteiger partial charge in [0, 0.05) is 76.0 Å². The molecule has 12 aromatic rings. The molecule has 6 heteroatoms. The number of furan rings is 2. The van der Waals surface area contributed by atoms with Crippen molar-refractivity contribution in [1.82, 2.24) is 4.98 Å². The van der Waals surface area contributed by atoms with Crippen molar-refractivity contribution in [3.63, 3.8) is 0 Å². The van der Waals surface area contributed by atoms with Gasteiger partial charge >= 0.3 is 0 Å². The molecule has 0 saturated heterocycles. The van der Waals surface area contributed by atoms with E-state index < -0.39 is 0 Å². The minimum atomic E-state index is 0.866. The molecule has 8 aromatic carbocycles. The lowest BCUT2D eigenvalue weighted by Crippen LogP contribution is -2.09. The molecule has 0 bridgehead atoms. The Balaban J connectivity index is 0.997. The second kappa shape index (κ2) is 11.9. The largest absolute Gasteiger partial charge is 0.456 e. The molecule has 4 aromatic heterocycles. The van der Waals surface area contributed by atoms with Crippen molar-refractivity contribution in [2.75, 3.05) is 4.90 Å². The third kappa shape index (κ3) is 4.79. The molecular formula is C49H28N2O2S2. The first-order chi connectivity index (χ1) is 27.2. The number of fused-ring (bicyclic) bond motifs is 11. The Morgan fingerprint density at radius 2 is 1.16 bits per heavy atom. The number of hydrogen-bond donors (Lipinski definition) is 0. The van der Waals surface area contributed by atoms with Crippen LogP contribution >= 0.6 is 22.7 Å². The smallest absolute Gasteiger partial charge is 0.143 e. The Bertz CT molecular complexity index is 3440. The van der Waals surface area contributed by atoms with Crippen LogP contribution < -0.4 is 4.90 Å². The zero-order valence-electron chi connectivity index (χ0n) is 29.2. The Morgan fingerprint density at radius 1 is 0.436 bits per heavy atom. The van der Waals surface area contributed by atoms with Crippen molar-refractivity contribution in [3.05, 3.63) is 170 Å². The molecule has 0 fully saturated rings. The monoisotopic (exact) mass is 740 g/mol. The number of thiazole rings is 1. The molecule has 0 atom stereocenters.